The van der Waals surface area contributed by atoms with Crippen LogP contribution in [0.5, 0.6) is 0 Å². The fourth-order valence-corrected chi connectivity index (χ4v) is 4.11. The van der Waals surface area contributed by atoms with Crippen LogP contribution in [-0.4, -0.2) is 44.0 Å². The maximum absolute atomic E-state index is 10.8. The molecule has 6 nitrogen and oxygen atoms in total. The number of aliphatic imine (C=N–C) groups is 1. The predicted octanol–water partition coefficient (Wildman–Crippen LogP) is 2.13. The highest BCUT2D eigenvalue weighted by Crippen LogP contribution is 2.48. The van der Waals surface area contributed by atoms with Crippen LogP contribution < -0.4 is 11.1 Å². The van der Waals surface area contributed by atoms with Gasteiger partial charge in [-0.15, -0.1) is 0 Å². The molecule has 1 aliphatic heterocycles. The zero-order valence-corrected chi connectivity index (χ0v) is 14.9. The second-order valence-electron chi connectivity index (χ2n) is 7.16. The van der Waals surface area contributed by atoms with Crippen LogP contribution in [0.4, 0.5) is 5.69 Å². The van der Waals surface area contributed by atoms with E-state index in [2.05, 4.69) is 10.3 Å². The number of methoxy groups -OCH3 is 1. The smallest absolute Gasteiger partial charge is 0.193 e. The highest BCUT2D eigenvalue weighted by molar-refractivity contribution is 5.92. The number of anilines is 1. The van der Waals surface area contributed by atoms with Crippen LogP contribution in [-0.2, 0) is 16.1 Å². The van der Waals surface area contributed by atoms with Gasteiger partial charge < -0.3 is 25.6 Å². The topological polar surface area (TPSA) is 89.1 Å². The Morgan fingerprint density at radius 2 is 2.12 bits per heavy atom. The van der Waals surface area contributed by atoms with Crippen LogP contribution in [0.15, 0.2) is 29.3 Å². The lowest BCUT2D eigenvalue weighted by Crippen LogP contribution is -2.39. The third kappa shape index (κ3) is 4.14. The minimum Gasteiger partial charge on any atom is -0.392 e. The Kier molecular flexibility index (Phi) is 5.93. The first-order chi connectivity index (χ1) is 12.1. The van der Waals surface area contributed by atoms with E-state index < -0.39 is 0 Å². The van der Waals surface area contributed by atoms with Crippen LogP contribution in [0.1, 0.15) is 31.2 Å². The van der Waals surface area contributed by atoms with E-state index in [1.54, 1.807) is 7.11 Å². The molecule has 1 aromatic carbocycles. The zero-order chi connectivity index (χ0) is 17.7. The highest BCUT2D eigenvalue weighted by Gasteiger charge is 2.47. The monoisotopic (exact) mass is 347 g/mol. The number of guanidine groups is 1. The van der Waals surface area contributed by atoms with Crippen molar-refractivity contribution < 1.29 is 14.6 Å². The van der Waals surface area contributed by atoms with Crippen molar-refractivity contribution in [1.29, 1.82) is 0 Å². The van der Waals surface area contributed by atoms with Crippen molar-refractivity contribution in [3.8, 4) is 0 Å². The Hall–Kier alpha value is -1.63. The molecule has 1 aliphatic carbocycles. The summed E-state index contributed by atoms with van der Waals surface area (Å²) in [6.45, 7) is 2.58. The van der Waals surface area contributed by atoms with E-state index >= 15 is 0 Å². The number of hydrogen-bond donors (Lipinski definition) is 3. The SMILES string of the molecule is COCc1ccccc1NC(N)=NCC1CCC2(CCOCC2)C1O. The van der Waals surface area contributed by atoms with Gasteiger partial charge in [0, 0.05) is 49.5 Å². The van der Waals surface area contributed by atoms with Crippen molar-refractivity contribution in [2.75, 3.05) is 32.2 Å². The van der Waals surface area contributed by atoms with Crippen LogP contribution in [0.2, 0.25) is 0 Å². The maximum atomic E-state index is 10.8. The first-order valence-corrected chi connectivity index (χ1v) is 9.04. The van der Waals surface area contributed by atoms with Crippen molar-refractivity contribution in [1.82, 2.24) is 0 Å². The molecule has 0 bridgehead atoms. The summed E-state index contributed by atoms with van der Waals surface area (Å²) in [6, 6.07) is 7.87. The predicted molar refractivity (Wildman–Crippen MR) is 98.5 cm³/mol. The van der Waals surface area contributed by atoms with Gasteiger partial charge in [-0.05, 0) is 31.7 Å². The third-order valence-corrected chi connectivity index (χ3v) is 5.65. The fraction of sp³-hybridized carbons (Fsp3) is 0.632. The third-order valence-electron chi connectivity index (χ3n) is 5.65. The van der Waals surface area contributed by atoms with E-state index in [4.69, 9.17) is 15.2 Å². The number of nitrogens with two attached hydrogens (primary N) is 1. The summed E-state index contributed by atoms with van der Waals surface area (Å²) in [5.74, 6) is 0.552. The molecule has 0 radical (unpaired) electrons. The lowest BCUT2D eigenvalue weighted by atomic mass is 9.76. The molecule has 0 aromatic heterocycles. The van der Waals surface area contributed by atoms with Gasteiger partial charge in [-0.3, -0.25) is 4.99 Å². The molecule has 0 amide bonds. The first-order valence-electron chi connectivity index (χ1n) is 9.04. The molecule has 25 heavy (non-hydrogen) atoms. The fourth-order valence-electron chi connectivity index (χ4n) is 4.11. The minimum absolute atomic E-state index is 0.0334. The van der Waals surface area contributed by atoms with Crippen molar-refractivity contribution in [2.24, 2.45) is 22.1 Å². The Bertz CT molecular complexity index is 599. The highest BCUT2D eigenvalue weighted by atomic mass is 16.5. The second kappa shape index (κ2) is 8.17. The van der Waals surface area contributed by atoms with Gasteiger partial charge in [-0.25, -0.2) is 0 Å². The van der Waals surface area contributed by atoms with Gasteiger partial charge in [-0.1, -0.05) is 18.2 Å². The van der Waals surface area contributed by atoms with Crippen LogP contribution in [0.3, 0.4) is 0 Å². The van der Waals surface area contributed by atoms with Gasteiger partial charge in [-0.2, -0.15) is 0 Å². The normalized spacial score (nSPS) is 26.1. The largest absolute Gasteiger partial charge is 0.392 e. The molecule has 4 N–H and O–H groups in total. The van der Waals surface area contributed by atoms with Crippen LogP contribution in [0, 0.1) is 11.3 Å². The van der Waals surface area contributed by atoms with Crippen molar-refractivity contribution in [3.05, 3.63) is 29.8 Å². The Balaban J connectivity index is 1.59. The summed E-state index contributed by atoms with van der Waals surface area (Å²) >= 11 is 0. The lowest BCUT2D eigenvalue weighted by molar-refractivity contribution is -0.0548. The summed E-state index contributed by atoms with van der Waals surface area (Å²) in [6.07, 6.45) is 3.65. The average Bonchev–Trinajstić information content (AvgIpc) is 2.92. The minimum atomic E-state index is -0.311. The number of nitrogens with zero attached hydrogens (tertiary/aromatic N) is 1. The molecular weight excluding hydrogens is 318 g/mol. The van der Waals surface area contributed by atoms with E-state index in [1.165, 1.54) is 0 Å². The molecule has 3 rings (SSSR count). The molecule has 1 saturated carbocycles. The number of rotatable bonds is 5. The Morgan fingerprint density at radius 3 is 2.88 bits per heavy atom. The second-order valence-corrected chi connectivity index (χ2v) is 7.16. The van der Waals surface area contributed by atoms with E-state index in [1.807, 2.05) is 24.3 Å². The first kappa shape index (κ1) is 18.2. The number of aliphatic hydroxyl groups excluding tert-OH is 1. The van der Waals surface area contributed by atoms with Gasteiger partial charge in [0.2, 0.25) is 0 Å². The standard InChI is InChI=1S/C19H29N3O3/c1-24-13-15-4-2-3-5-16(15)22-18(20)21-12-14-6-7-19(17(14)23)8-10-25-11-9-19/h2-5,14,17,23H,6-13H2,1H3,(H3,20,21,22). The molecule has 1 aromatic rings. The van der Waals surface area contributed by atoms with Gasteiger partial charge in [0.1, 0.15) is 0 Å². The van der Waals surface area contributed by atoms with Gasteiger partial charge in [0.15, 0.2) is 5.96 Å². The summed E-state index contributed by atoms with van der Waals surface area (Å²) in [4.78, 5) is 4.48. The zero-order valence-electron chi connectivity index (χ0n) is 14.9. The summed E-state index contributed by atoms with van der Waals surface area (Å²) < 4.78 is 10.7. The molecule has 1 heterocycles. The molecule has 1 spiro atoms. The molecule has 6 heteroatoms. The molecular formula is C19H29N3O3. The van der Waals surface area contributed by atoms with E-state index in [9.17, 15) is 5.11 Å². The number of nitrogens with one attached hydrogen (secondary N) is 1. The number of ether oxygens (including phenoxy) is 2. The van der Waals surface area contributed by atoms with Gasteiger partial charge in [0.05, 0.1) is 12.7 Å². The summed E-state index contributed by atoms with van der Waals surface area (Å²) in [7, 11) is 1.67. The quantitative estimate of drug-likeness (QED) is 0.561. The Morgan fingerprint density at radius 1 is 1.36 bits per heavy atom. The molecule has 1 saturated heterocycles. The van der Waals surface area contributed by atoms with Crippen molar-refractivity contribution >= 4 is 11.6 Å². The summed E-state index contributed by atoms with van der Waals surface area (Å²) in [5, 5.41) is 13.9. The number of para-hydroxylation sites is 1. The van der Waals surface area contributed by atoms with Crippen molar-refractivity contribution in [2.45, 2.75) is 38.4 Å². The number of hydrogen-bond acceptors (Lipinski definition) is 4. The maximum Gasteiger partial charge on any atom is 0.193 e. The van der Waals surface area contributed by atoms with Gasteiger partial charge in [0.25, 0.3) is 0 Å². The van der Waals surface area contributed by atoms with E-state index in [0.717, 1.165) is 50.1 Å². The van der Waals surface area contributed by atoms with E-state index in [0.29, 0.717) is 19.1 Å². The number of benzene rings is 1. The van der Waals surface area contributed by atoms with Crippen molar-refractivity contribution in [3.63, 3.8) is 0 Å². The number of aliphatic hydroxyl groups is 1. The Labute approximate surface area is 149 Å². The van der Waals surface area contributed by atoms with Crippen LogP contribution in [0.25, 0.3) is 0 Å². The average molecular weight is 347 g/mol. The summed E-state index contributed by atoms with van der Waals surface area (Å²) in [5.41, 5.74) is 8.03. The molecule has 138 valence electrons. The lowest BCUT2D eigenvalue weighted by Gasteiger charge is -2.37. The molecule has 2 aliphatic rings. The molecule has 2 fully saturated rings. The van der Waals surface area contributed by atoms with Gasteiger partial charge >= 0.3 is 0 Å². The molecule has 2 unspecified atom stereocenters. The van der Waals surface area contributed by atoms with Crippen LogP contribution >= 0.6 is 0 Å². The van der Waals surface area contributed by atoms with E-state index in [-0.39, 0.29) is 17.4 Å². The molecule has 2 atom stereocenters.